The van der Waals surface area contributed by atoms with Crippen LogP contribution in [0.25, 0.3) is 22.0 Å². The Kier molecular flexibility index (Phi) is 7.76. The van der Waals surface area contributed by atoms with Crippen LogP contribution in [0.15, 0.2) is 86.8 Å². The van der Waals surface area contributed by atoms with Crippen molar-refractivity contribution in [3.63, 3.8) is 0 Å². The monoisotopic (exact) mass is 707 g/mol. The van der Waals surface area contributed by atoms with Crippen molar-refractivity contribution >= 4 is 72.5 Å². The number of benzene rings is 4. The second-order valence-electron chi connectivity index (χ2n) is 9.31. The van der Waals surface area contributed by atoms with Crippen molar-refractivity contribution in [2.24, 2.45) is 5.10 Å². The second-order valence-corrected chi connectivity index (χ2v) is 11.5. The van der Waals surface area contributed by atoms with E-state index in [2.05, 4.69) is 47.4 Å². The number of aromatic nitrogens is 1. The van der Waals surface area contributed by atoms with Gasteiger partial charge in [-0.05, 0) is 64.8 Å². The molecular formula is C31H20Br2ClN3O5. The molecule has 5 aromatic rings. The lowest BCUT2D eigenvalue weighted by molar-refractivity contribution is 0.0732. The molecule has 0 saturated heterocycles. The Labute approximate surface area is 261 Å². The lowest BCUT2D eigenvalue weighted by atomic mass is 10.0. The molecule has 0 atom stereocenters. The van der Waals surface area contributed by atoms with E-state index in [0.29, 0.717) is 42.3 Å². The summed E-state index contributed by atoms with van der Waals surface area (Å²) in [6, 6.07) is 21.4. The minimum atomic E-state index is -0.604. The van der Waals surface area contributed by atoms with Crippen LogP contribution >= 0.6 is 43.5 Å². The van der Waals surface area contributed by atoms with Crippen molar-refractivity contribution in [2.45, 2.75) is 6.92 Å². The minimum Gasteiger partial charge on any atom is -0.454 e. The molecule has 42 heavy (non-hydrogen) atoms. The molecule has 0 unspecified atom stereocenters. The topological polar surface area (TPSA) is 102 Å². The van der Waals surface area contributed by atoms with E-state index in [1.807, 2.05) is 43.3 Å². The molecule has 11 heteroatoms. The normalized spacial score (nSPS) is 12.2. The molecule has 1 aromatic heterocycles. The first-order valence-corrected chi connectivity index (χ1v) is 14.6. The highest BCUT2D eigenvalue weighted by Crippen LogP contribution is 2.38. The van der Waals surface area contributed by atoms with Gasteiger partial charge >= 0.3 is 5.97 Å². The van der Waals surface area contributed by atoms with Gasteiger partial charge < -0.3 is 19.2 Å². The number of rotatable bonds is 6. The summed E-state index contributed by atoms with van der Waals surface area (Å²) in [5.41, 5.74) is 6.83. The van der Waals surface area contributed by atoms with Crippen LogP contribution in [0, 0.1) is 6.92 Å². The molecule has 210 valence electrons. The summed E-state index contributed by atoms with van der Waals surface area (Å²) in [7, 11) is 0. The number of hydrogen-bond acceptors (Lipinski definition) is 6. The number of para-hydroxylation sites is 1. The predicted octanol–water partition coefficient (Wildman–Crippen LogP) is 8.03. The lowest BCUT2D eigenvalue weighted by Crippen LogP contribution is -2.19. The number of fused-ring (bicyclic) bond motifs is 2. The van der Waals surface area contributed by atoms with Crippen LogP contribution in [0.5, 0.6) is 17.2 Å². The zero-order chi connectivity index (χ0) is 29.4. The number of aryl methyl sites for hydroxylation is 1. The summed E-state index contributed by atoms with van der Waals surface area (Å²) < 4.78 is 17.6. The van der Waals surface area contributed by atoms with Gasteiger partial charge in [0.05, 0.1) is 16.3 Å². The van der Waals surface area contributed by atoms with Crippen molar-refractivity contribution in [1.29, 1.82) is 0 Å². The maximum atomic E-state index is 13.5. The van der Waals surface area contributed by atoms with Crippen LogP contribution in [0.4, 0.5) is 0 Å². The molecule has 2 heterocycles. The number of ether oxygens (including phenoxy) is 3. The Morgan fingerprint density at radius 1 is 1.02 bits per heavy atom. The maximum Gasteiger partial charge on any atom is 0.343 e. The predicted molar refractivity (Wildman–Crippen MR) is 168 cm³/mol. The van der Waals surface area contributed by atoms with Gasteiger partial charge in [0, 0.05) is 37.1 Å². The zero-order valence-corrected chi connectivity index (χ0v) is 25.8. The molecule has 0 bridgehead atoms. The van der Waals surface area contributed by atoms with Crippen molar-refractivity contribution in [2.75, 3.05) is 6.79 Å². The van der Waals surface area contributed by atoms with Crippen LogP contribution in [-0.2, 0) is 0 Å². The van der Waals surface area contributed by atoms with E-state index >= 15 is 0 Å². The van der Waals surface area contributed by atoms with Gasteiger partial charge in [-0.15, -0.1) is 0 Å². The molecule has 0 aliphatic carbocycles. The van der Waals surface area contributed by atoms with E-state index < -0.39 is 11.9 Å². The summed E-state index contributed by atoms with van der Waals surface area (Å²) in [6.07, 6.45) is 1.40. The van der Waals surface area contributed by atoms with E-state index in [1.54, 1.807) is 36.4 Å². The largest absolute Gasteiger partial charge is 0.454 e. The Morgan fingerprint density at radius 3 is 2.67 bits per heavy atom. The van der Waals surface area contributed by atoms with E-state index in [0.717, 1.165) is 22.0 Å². The highest BCUT2D eigenvalue weighted by molar-refractivity contribution is 9.11. The third kappa shape index (κ3) is 5.40. The van der Waals surface area contributed by atoms with Gasteiger partial charge in [0.1, 0.15) is 5.69 Å². The van der Waals surface area contributed by atoms with E-state index in [-0.39, 0.29) is 18.1 Å². The van der Waals surface area contributed by atoms with Gasteiger partial charge in [-0.2, -0.15) is 5.10 Å². The van der Waals surface area contributed by atoms with Crippen molar-refractivity contribution in [3.05, 3.63) is 109 Å². The fourth-order valence-corrected chi connectivity index (χ4v) is 6.22. The van der Waals surface area contributed by atoms with Crippen molar-refractivity contribution < 1.29 is 23.8 Å². The van der Waals surface area contributed by atoms with Gasteiger partial charge in [0.2, 0.25) is 6.79 Å². The Hall–Kier alpha value is -4.12. The Bertz CT molecular complexity index is 1920. The van der Waals surface area contributed by atoms with E-state index in [4.69, 9.17) is 25.8 Å². The minimum absolute atomic E-state index is 0.0937. The number of halogens is 3. The van der Waals surface area contributed by atoms with Crippen LogP contribution in [0.2, 0.25) is 5.02 Å². The van der Waals surface area contributed by atoms with Crippen LogP contribution in [0.3, 0.4) is 0 Å². The molecule has 0 radical (unpaired) electrons. The van der Waals surface area contributed by atoms with Gasteiger partial charge in [0.25, 0.3) is 5.91 Å². The van der Waals surface area contributed by atoms with Gasteiger partial charge in [0.15, 0.2) is 17.2 Å². The number of hydrogen-bond donors (Lipinski definition) is 2. The first-order chi connectivity index (χ1) is 20.3. The molecule has 1 aliphatic rings. The number of H-pyrrole nitrogens is 1. The van der Waals surface area contributed by atoms with Crippen molar-refractivity contribution in [3.8, 4) is 28.4 Å². The van der Waals surface area contributed by atoms with Gasteiger partial charge in [-0.25, -0.2) is 10.2 Å². The number of aromatic amines is 1. The molecular weight excluding hydrogens is 690 g/mol. The SMILES string of the molecule is Cc1cccc2c(-c3ccccc3Cl)c(C(=O)NN=Cc3cc(Br)cc(Br)c3OC(=O)c3ccc4c(c3)OCO4)[nH]c12. The first kappa shape index (κ1) is 28.0. The summed E-state index contributed by atoms with van der Waals surface area (Å²) in [4.78, 5) is 29.7. The van der Waals surface area contributed by atoms with E-state index in [1.165, 1.54) is 6.21 Å². The Balaban J connectivity index is 1.29. The molecule has 0 fully saturated rings. The lowest BCUT2D eigenvalue weighted by Gasteiger charge is -2.11. The number of carbonyl (C=O) groups is 2. The molecule has 2 N–H and O–H groups in total. The number of nitrogens with zero attached hydrogens (tertiary/aromatic N) is 1. The Morgan fingerprint density at radius 2 is 1.83 bits per heavy atom. The summed E-state index contributed by atoms with van der Waals surface area (Å²) >= 11 is 13.4. The first-order valence-electron chi connectivity index (χ1n) is 12.6. The van der Waals surface area contributed by atoms with Crippen LogP contribution in [0.1, 0.15) is 32.0 Å². The molecule has 4 aromatic carbocycles. The number of carbonyl (C=O) groups excluding carboxylic acids is 2. The fraction of sp³-hybridized carbons (Fsp3) is 0.0645. The second kappa shape index (κ2) is 11.6. The maximum absolute atomic E-state index is 13.5. The molecule has 1 amide bonds. The number of esters is 1. The fourth-order valence-electron chi connectivity index (χ4n) is 4.65. The average Bonchev–Trinajstić information content (AvgIpc) is 3.60. The highest BCUT2D eigenvalue weighted by atomic mass is 79.9. The van der Waals surface area contributed by atoms with Gasteiger partial charge in [-0.3, -0.25) is 4.79 Å². The molecule has 6 rings (SSSR count). The quantitative estimate of drug-likeness (QED) is 0.0805. The number of amides is 1. The molecule has 0 saturated carbocycles. The standard InChI is InChI=1S/C31H20Br2ClN3O5/c1-16-5-4-7-21-26(20-6-2-3-8-23(20)34)28(36-27(16)21)30(38)37-35-14-18-11-19(32)13-22(33)29(18)42-31(39)17-9-10-24-25(12-17)41-15-40-24/h2-14,36H,15H2,1H3,(H,37,38). The van der Waals surface area contributed by atoms with Crippen molar-refractivity contribution in [1.82, 2.24) is 10.4 Å². The third-order valence-electron chi connectivity index (χ3n) is 6.62. The highest BCUT2D eigenvalue weighted by Gasteiger charge is 2.22. The number of nitrogens with one attached hydrogen (secondary N) is 2. The van der Waals surface area contributed by atoms with Crippen LogP contribution in [-0.4, -0.2) is 29.9 Å². The zero-order valence-electron chi connectivity index (χ0n) is 21.8. The molecule has 1 aliphatic heterocycles. The smallest absolute Gasteiger partial charge is 0.343 e. The molecule has 0 spiro atoms. The summed E-state index contributed by atoms with van der Waals surface area (Å²) in [5.74, 6) is 0.171. The van der Waals surface area contributed by atoms with E-state index in [9.17, 15) is 9.59 Å². The molecule has 8 nitrogen and oxygen atoms in total. The average molecular weight is 710 g/mol. The summed E-state index contributed by atoms with van der Waals surface area (Å²) in [6.45, 7) is 2.06. The van der Waals surface area contributed by atoms with Gasteiger partial charge in [-0.1, -0.05) is 63.9 Å². The third-order valence-corrected chi connectivity index (χ3v) is 8.00. The van der Waals surface area contributed by atoms with Crippen LogP contribution < -0.4 is 19.6 Å². The number of hydrazone groups is 1. The summed E-state index contributed by atoms with van der Waals surface area (Å²) in [5, 5.41) is 5.58.